The molecule has 1 amide bonds. The number of hydrogen-bond donors (Lipinski definition) is 2. The number of nitrogens with one attached hydrogen (secondary N) is 2. The summed E-state index contributed by atoms with van der Waals surface area (Å²) in [6, 6.07) is 8.77. The quantitative estimate of drug-likeness (QED) is 0.753. The molecule has 0 fully saturated rings. The first-order valence-electron chi connectivity index (χ1n) is 7.13. The molecule has 126 valence electrons. The molecule has 1 heterocycles. The summed E-state index contributed by atoms with van der Waals surface area (Å²) in [5, 5.41) is 4.96. The summed E-state index contributed by atoms with van der Waals surface area (Å²) in [6.45, 7) is 0. The number of carbonyl (C=O) groups is 1. The Kier molecular flexibility index (Phi) is 4.60. The molecule has 3 aromatic rings. The van der Waals surface area contributed by atoms with Crippen LogP contribution in [0.1, 0.15) is 10.4 Å². The fraction of sp³-hybridized carbons (Fsp3) is 0. The molecular formula is C17H11F3N4O. The van der Waals surface area contributed by atoms with Crippen LogP contribution in [0.15, 0.2) is 54.9 Å². The molecule has 0 aliphatic rings. The summed E-state index contributed by atoms with van der Waals surface area (Å²) in [5.41, 5.74) is 0.0795. The van der Waals surface area contributed by atoms with Gasteiger partial charge in [0.15, 0.2) is 0 Å². The fourth-order valence-corrected chi connectivity index (χ4v) is 1.98. The summed E-state index contributed by atoms with van der Waals surface area (Å²) >= 11 is 0. The fourth-order valence-electron chi connectivity index (χ4n) is 1.98. The first-order valence-corrected chi connectivity index (χ1v) is 7.13. The van der Waals surface area contributed by atoms with Crippen LogP contribution in [0, 0.1) is 17.5 Å². The van der Waals surface area contributed by atoms with Gasteiger partial charge in [0.05, 0.1) is 16.9 Å². The molecule has 0 bridgehead atoms. The highest BCUT2D eigenvalue weighted by atomic mass is 19.1. The average molecular weight is 344 g/mol. The Labute approximate surface area is 140 Å². The van der Waals surface area contributed by atoms with Crippen molar-refractivity contribution < 1.29 is 18.0 Å². The van der Waals surface area contributed by atoms with Crippen molar-refractivity contribution in [3.63, 3.8) is 0 Å². The van der Waals surface area contributed by atoms with Crippen molar-refractivity contribution in [1.82, 2.24) is 9.97 Å². The van der Waals surface area contributed by atoms with Gasteiger partial charge in [-0.1, -0.05) is 12.1 Å². The Morgan fingerprint density at radius 2 is 1.60 bits per heavy atom. The van der Waals surface area contributed by atoms with Crippen LogP contribution in [-0.4, -0.2) is 15.9 Å². The molecule has 3 rings (SSSR count). The van der Waals surface area contributed by atoms with E-state index in [1.54, 1.807) is 12.1 Å². The number of anilines is 3. The van der Waals surface area contributed by atoms with Crippen molar-refractivity contribution in [3.05, 3.63) is 77.9 Å². The topological polar surface area (TPSA) is 66.9 Å². The van der Waals surface area contributed by atoms with E-state index in [1.807, 2.05) is 0 Å². The van der Waals surface area contributed by atoms with Gasteiger partial charge in [-0.3, -0.25) is 4.79 Å². The highest BCUT2D eigenvalue weighted by Crippen LogP contribution is 2.18. The SMILES string of the molecule is O=C(Nc1ccc(F)cc1F)c1cnc(Nc2ccccc2F)nc1. The summed E-state index contributed by atoms with van der Waals surface area (Å²) in [6.07, 6.45) is 2.40. The number of aromatic nitrogens is 2. The van der Waals surface area contributed by atoms with Crippen LogP contribution >= 0.6 is 0 Å². The number of rotatable bonds is 4. The zero-order chi connectivity index (χ0) is 17.8. The Bertz CT molecular complexity index is 916. The van der Waals surface area contributed by atoms with Crippen molar-refractivity contribution in [1.29, 1.82) is 0 Å². The van der Waals surface area contributed by atoms with Crippen LogP contribution in [0.2, 0.25) is 0 Å². The first-order chi connectivity index (χ1) is 12.0. The molecule has 0 unspecified atom stereocenters. The number of amides is 1. The van der Waals surface area contributed by atoms with Crippen LogP contribution in [0.3, 0.4) is 0 Å². The normalized spacial score (nSPS) is 10.4. The van der Waals surface area contributed by atoms with E-state index in [-0.39, 0.29) is 22.9 Å². The van der Waals surface area contributed by atoms with E-state index in [2.05, 4.69) is 20.6 Å². The molecule has 0 atom stereocenters. The highest BCUT2D eigenvalue weighted by molar-refractivity contribution is 6.03. The number of nitrogens with zero attached hydrogens (tertiary/aromatic N) is 2. The Morgan fingerprint density at radius 1 is 0.880 bits per heavy atom. The smallest absolute Gasteiger partial charge is 0.258 e. The minimum absolute atomic E-state index is 0.0582. The molecule has 5 nitrogen and oxygen atoms in total. The van der Waals surface area contributed by atoms with Crippen LogP contribution in [0.25, 0.3) is 0 Å². The maximum atomic E-state index is 13.5. The van der Waals surface area contributed by atoms with Gasteiger partial charge in [-0.2, -0.15) is 0 Å². The van der Waals surface area contributed by atoms with E-state index in [9.17, 15) is 18.0 Å². The second-order valence-electron chi connectivity index (χ2n) is 4.98. The molecule has 2 aromatic carbocycles. The van der Waals surface area contributed by atoms with E-state index in [1.165, 1.54) is 24.5 Å². The van der Waals surface area contributed by atoms with Crippen LogP contribution in [-0.2, 0) is 0 Å². The lowest BCUT2D eigenvalue weighted by Crippen LogP contribution is -2.14. The second-order valence-corrected chi connectivity index (χ2v) is 4.98. The number of hydrogen-bond acceptors (Lipinski definition) is 4. The lowest BCUT2D eigenvalue weighted by atomic mass is 10.2. The largest absolute Gasteiger partial charge is 0.322 e. The molecule has 0 spiro atoms. The monoisotopic (exact) mass is 344 g/mol. The van der Waals surface area contributed by atoms with Gasteiger partial charge < -0.3 is 10.6 Å². The number of halogens is 3. The van der Waals surface area contributed by atoms with Gasteiger partial charge in [-0.15, -0.1) is 0 Å². The molecule has 0 saturated heterocycles. The average Bonchev–Trinajstić information content (AvgIpc) is 2.60. The standard InChI is InChI=1S/C17H11F3N4O/c18-11-5-6-15(13(20)7-11)23-16(25)10-8-21-17(22-9-10)24-14-4-2-1-3-12(14)19/h1-9H,(H,23,25)(H,21,22,24). The lowest BCUT2D eigenvalue weighted by Gasteiger charge is -2.08. The van der Waals surface area contributed by atoms with E-state index in [4.69, 9.17) is 0 Å². The van der Waals surface area contributed by atoms with E-state index in [0.717, 1.165) is 12.1 Å². The Balaban J connectivity index is 1.71. The van der Waals surface area contributed by atoms with E-state index >= 15 is 0 Å². The maximum Gasteiger partial charge on any atom is 0.258 e. The first kappa shape index (κ1) is 16.4. The van der Waals surface area contributed by atoms with Crippen LogP contribution < -0.4 is 10.6 Å². The third-order valence-electron chi connectivity index (χ3n) is 3.21. The molecular weight excluding hydrogens is 333 g/mol. The number of benzene rings is 2. The van der Waals surface area contributed by atoms with E-state index < -0.39 is 23.4 Å². The Hall–Kier alpha value is -3.42. The molecule has 0 saturated carbocycles. The molecule has 25 heavy (non-hydrogen) atoms. The summed E-state index contributed by atoms with van der Waals surface area (Å²) in [7, 11) is 0. The minimum Gasteiger partial charge on any atom is -0.322 e. The highest BCUT2D eigenvalue weighted by Gasteiger charge is 2.11. The molecule has 0 aliphatic heterocycles. The molecule has 8 heteroatoms. The predicted octanol–water partition coefficient (Wildman–Crippen LogP) is 3.89. The minimum atomic E-state index is -0.896. The van der Waals surface area contributed by atoms with Crippen molar-refractivity contribution in [2.75, 3.05) is 10.6 Å². The predicted molar refractivity (Wildman–Crippen MR) is 86.0 cm³/mol. The number of carbonyl (C=O) groups excluding carboxylic acids is 1. The summed E-state index contributed by atoms with van der Waals surface area (Å²) in [4.78, 5) is 19.9. The molecule has 2 N–H and O–H groups in total. The third-order valence-corrected chi connectivity index (χ3v) is 3.21. The Morgan fingerprint density at radius 3 is 2.28 bits per heavy atom. The molecule has 1 aromatic heterocycles. The zero-order valence-electron chi connectivity index (χ0n) is 12.6. The molecule has 0 aliphatic carbocycles. The zero-order valence-corrected chi connectivity index (χ0v) is 12.6. The van der Waals surface area contributed by atoms with E-state index in [0.29, 0.717) is 6.07 Å². The van der Waals surface area contributed by atoms with Crippen molar-refractivity contribution in [3.8, 4) is 0 Å². The molecule has 0 radical (unpaired) electrons. The summed E-state index contributed by atoms with van der Waals surface area (Å²) in [5.74, 6) is -2.69. The maximum absolute atomic E-state index is 13.5. The van der Waals surface area contributed by atoms with Gasteiger partial charge in [0.25, 0.3) is 5.91 Å². The summed E-state index contributed by atoms with van der Waals surface area (Å²) < 4.78 is 39.9. The van der Waals surface area contributed by atoms with Gasteiger partial charge in [0.2, 0.25) is 5.95 Å². The van der Waals surface area contributed by atoms with Crippen LogP contribution in [0.5, 0.6) is 0 Å². The van der Waals surface area contributed by atoms with Gasteiger partial charge in [0.1, 0.15) is 17.5 Å². The van der Waals surface area contributed by atoms with Crippen LogP contribution in [0.4, 0.5) is 30.5 Å². The van der Waals surface area contributed by atoms with Gasteiger partial charge in [-0.25, -0.2) is 23.1 Å². The number of para-hydroxylation sites is 1. The third kappa shape index (κ3) is 3.92. The lowest BCUT2D eigenvalue weighted by molar-refractivity contribution is 0.102. The van der Waals surface area contributed by atoms with Crippen molar-refractivity contribution in [2.24, 2.45) is 0 Å². The van der Waals surface area contributed by atoms with Gasteiger partial charge in [0, 0.05) is 18.5 Å². The van der Waals surface area contributed by atoms with Gasteiger partial charge >= 0.3 is 0 Å². The second kappa shape index (κ2) is 7.00. The van der Waals surface area contributed by atoms with Crippen molar-refractivity contribution in [2.45, 2.75) is 0 Å². The van der Waals surface area contributed by atoms with Crippen molar-refractivity contribution >= 4 is 23.2 Å². The van der Waals surface area contributed by atoms with Gasteiger partial charge in [-0.05, 0) is 24.3 Å².